The summed E-state index contributed by atoms with van der Waals surface area (Å²) < 4.78 is 0. The van der Waals surface area contributed by atoms with Crippen molar-refractivity contribution in [2.24, 2.45) is 23.7 Å². The molecule has 4 unspecified atom stereocenters. The second-order valence-corrected chi connectivity index (χ2v) is 5.09. The molecule has 0 bridgehead atoms. The fourth-order valence-corrected chi connectivity index (χ4v) is 2.59. The first kappa shape index (κ1) is 10.6. The van der Waals surface area contributed by atoms with Crippen LogP contribution >= 0.6 is 0 Å². The van der Waals surface area contributed by atoms with Crippen LogP contribution in [0.3, 0.4) is 0 Å². The van der Waals surface area contributed by atoms with Crippen molar-refractivity contribution in [2.75, 3.05) is 0 Å². The Bertz CT molecular complexity index is 326. The third-order valence-electron chi connectivity index (χ3n) is 3.80. The van der Waals surface area contributed by atoms with E-state index >= 15 is 0 Å². The molecule has 0 aromatic heterocycles. The van der Waals surface area contributed by atoms with E-state index in [4.69, 9.17) is 6.42 Å². The van der Waals surface area contributed by atoms with Crippen molar-refractivity contribution in [3.63, 3.8) is 0 Å². The highest BCUT2D eigenvalue weighted by Gasteiger charge is 2.37. The molecule has 0 saturated heterocycles. The van der Waals surface area contributed by atoms with Crippen molar-refractivity contribution in [1.82, 2.24) is 0 Å². The summed E-state index contributed by atoms with van der Waals surface area (Å²) in [5, 5.41) is 0. The van der Waals surface area contributed by atoms with Crippen LogP contribution in [0.4, 0.5) is 0 Å². The highest BCUT2D eigenvalue weighted by atomic mass is 14.4. The Morgan fingerprint density at radius 2 is 2.20 bits per heavy atom. The Morgan fingerprint density at radius 3 is 2.93 bits per heavy atom. The number of hydrogen-bond acceptors (Lipinski definition) is 0. The molecule has 0 nitrogen and oxygen atoms in total. The molecule has 2 rings (SSSR count). The molecular weight excluding hydrogens is 180 g/mol. The molecule has 0 heterocycles. The first-order valence-electron chi connectivity index (χ1n) is 6.05. The zero-order valence-corrected chi connectivity index (χ0v) is 9.74. The Hall–Kier alpha value is -0.960. The maximum Gasteiger partial charge on any atom is 0.0411 e. The van der Waals surface area contributed by atoms with Crippen molar-refractivity contribution in [3.8, 4) is 12.3 Å². The summed E-state index contributed by atoms with van der Waals surface area (Å²) in [6.07, 6.45) is 16.3. The van der Waals surface area contributed by atoms with Crippen molar-refractivity contribution >= 4 is 0 Å². The fourth-order valence-electron chi connectivity index (χ4n) is 2.59. The molecule has 0 radical (unpaired) electrons. The number of fused-ring (bicyclic) bond motifs is 1. The summed E-state index contributed by atoms with van der Waals surface area (Å²) in [5.41, 5.74) is 1.66. The smallest absolute Gasteiger partial charge is 0.0411 e. The van der Waals surface area contributed by atoms with Crippen molar-refractivity contribution in [3.05, 3.63) is 23.8 Å². The lowest BCUT2D eigenvalue weighted by Gasteiger charge is -2.16. The van der Waals surface area contributed by atoms with Crippen LogP contribution in [-0.2, 0) is 0 Å². The third-order valence-corrected chi connectivity index (χ3v) is 3.80. The van der Waals surface area contributed by atoms with Crippen molar-refractivity contribution in [2.45, 2.75) is 33.1 Å². The molecule has 2 aliphatic rings. The van der Waals surface area contributed by atoms with Crippen molar-refractivity contribution in [1.29, 1.82) is 0 Å². The van der Waals surface area contributed by atoms with Gasteiger partial charge in [0.2, 0.25) is 0 Å². The Labute approximate surface area is 93.5 Å². The second kappa shape index (κ2) is 4.27. The Kier molecular flexibility index (Phi) is 3.00. The molecule has 0 heteroatoms. The van der Waals surface area contributed by atoms with Crippen LogP contribution in [0.2, 0.25) is 0 Å². The van der Waals surface area contributed by atoms with E-state index in [1.54, 1.807) is 5.57 Å². The van der Waals surface area contributed by atoms with Gasteiger partial charge in [0.15, 0.2) is 0 Å². The van der Waals surface area contributed by atoms with Gasteiger partial charge in [-0.15, -0.1) is 6.42 Å². The first-order chi connectivity index (χ1) is 7.22. The number of rotatable bonds is 0. The first-order valence-corrected chi connectivity index (χ1v) is 6.05. The minimum Gasteiger partial charge on any atom is -0.119 e. The van der Waals surface area contributed by atoms with Gasteiger partial charge in [-0.2, -0.15) is 0 Å². The molecule has 0 N–H and O–H groups in total. The standard InChI is InChI=1S/C15H20/c1-4-13-8-6-5-7-11(2)9-14-10-15(14)12(13)3/h1,6,8-9,11-13,15H,5,7,10H2,2-3H3. The maximum atomic E-state index is 5.59. The zero-order valence-electron chi connectivity index (χ0n) is 9.74. The maximum absolute atomic E-state index is 5.59. The van der Waals surface area contributed by atoms with Gasteiger partial charge in [-0.25, -0.2) is 0 Å². The van der Waals surface area contributed by atoms with E-state index in [1.165, 1.54) is 19.3 Å². The van der Waals surface area contributed by atoms with Gasteiger partial charge < -0.3 is 0 Å². The van der Waals surface area contributed by atoms with E-state index in [2.05, 4.69) is 38.0 Å². The molecule has 0 aromatic rings. The van der Waals surface area contributed by atoms with Crippen LogP contribution in [0, 0.1) is 36.0 Å². The van der Waals surface area contributed by atoms with Gasteiger partial charge in [-0.1, -0.05) is 43.6 Å². The van der Waals surface area contributed by atoms with Gasteiger partial charge in [-0.3, -0.25) is 0 Å². The summed E-state index contributed by atoms with van der Waals surface area (Å²) in [6.45, 7) is 4.62. The third kappa shape index (κ3) is 2.34. The number of terminal acetylenes is 1. The van der Waals surface area contributed by atoms with Crippen LogP contribution in [0.15, 0.2) is 23.8 Å². The van der Waals surface area contributed by atoms with Gasteiger partial charge in [0, 0.05) is 5.92 Å². The average molecular weight is 200 g/mol. The lowest BCUT2D eigenvalue weighted by molar-refractivity contribution is 0.458. The molecule has 1 fully saturated rings. The van der Waals surface area contributed by atoms with Crippen LogP contribution in [0.25, 0.3) is 0 Å². The summed E-state index contributed by atoms with van der Waals surface area (Å²) in [6, 6.07) is 0. The highest BCUT2D eigenvalue weighted by molar-refractivity contribution is 5.28. The highest BCUT2D eigenvalue weighted by Crippen LogP contribution is 2.47. The normalized spacial score (nSPS) is 39.9. The van der Waals surface area contributed by atoms with E-state index < -0.39 is 0 Å². The Balaban J connectivity index is 2.15. The predicted molar refractivity (Wildman–Crippen MR) is 65.2 cm³/mol. The van der Waals surface area contributed by atoms with Gasteiger partial charge in [0.1, 0.15) is 0 Å². The fraction of sp³-hybridized carbons (Fsp3) is 0.600. The molecule has 0 spiro atoms. The van der Waals surface area contributed by atoms with E-state index in [0.29, 0.717) is 11.8 Å². The lowest BCUT2D eigenvalue weighted by Crippen LogP contribution is -2.10. The molecule has 0 aromatic carbocycles. The van der Waals surface area contributed by atoms with Gasteiger partial charge in [0.25, 0.3) is 0 Å². The van der Waals surface area contributed by atoms with Crippen molar-refractivity contribution < 1.29 is 0 Å². The van der Waals surface area contributed by atoms with Crippen LogP contribution < -0.4 is 0 Å². The van der Waals surface area contributed by atoms with Crippen LogP contribution in [0.5, 0.6) is 0 Å². The summed E-state index contributed by atoms with van der Waals surface area (Å²) in [5.74, 6) is 5.41. The van der Waals surface area contributed by atoms with E-state index in [9.17, 15) is 0 Å². The van der Waals surface area contributed by atoms with Gasteiger partial charge in [0.05, 0.1) is 0 Å². The molecule has 0 amide bonds. The Morgan fingerprint density at radius 1 is 1.40 bits per heavy atom. The summed E-state index contributed by atoms with van der Waals surface area (Å²) >= 11 is 0. The van der Waals surface area contributed by atoms with E-state index in [0.717, 1.165) is 11.8 Å². The minimum atomic E-state index is 0.342. The average Bonchev–Trinajstić information content (AvgIpc) is 2.96. The monoisotopic (exact) mass is 200 g/mol. The number of hydrogen-bond donors (Lipinski definition) is 0. The van der Waals surface area contributed by atoms with Gasteiger partial charge in [-0.05, 0) is 37.0 Å². The van der Waals surface area contributed by atoms with Crippen LogP contribution in [-0.4, -0.2) is 0 Å². The van der Waals surface area contributed by atoms with E-state index in [1.807, 2.05) is 0 Å². The van der Waals surface area contributed by atoms with Crippen LogP contribution in [0.1, 0.15) is 33.1 Å². The lowest BCUT2D eigenvalue weighted by atomic mass is 9.88. The number of allylic oxidation sites excluding steroid dienone is 4. The molecule has 4 atom stereocenters. The minimum absolute atomic E-state index is 0.342. The predicted octanol–water partition coefficient (Wildman–Crippen LogP) is 3.80. The van der Waals surface area contributed by atoms with E-state index in [-0.39, 0.29) is 0 Å². The summed E-state index contributed by atoms with van der Waals surface area (Å²) in [4.78, 5) is 0. The quantitative estimate of drug-likeness (QED) is 0.412. The molecular formula is C15H20. The second-order valence-electron chi connectivity index (χ2n) is 5.09. The molecule has 0 aliphatic heterocycles. The molecule has 2 aliphatic carbocycles. The largest absolute Gasteiger partial charge is 0.119 e. The molecule has 80 valence electrons. The molecule has 1 saturated carbocycles. The molecule has 15 heavy (non-hydrogen) atoms. The summed E-state index contributed by atoms with van der Waals surface area (Å²) in [7, 11) is 0. The zero-order chi connectivity index (χ0) is 10.8. The van der Waals surface area contributed by atoms with Gasteiger partial charge >= 0.3 is 0 Å². The topological polar surface area (TPSA) is 0 Å². The SMILES string of the molecule is C#CC1C=CCCC(C)C=C2CC2C1C.